The number of aliphatic hydroxyl groups is 1. The van der Waals surface area contributed by atoms with E-state index in [0.717, 1.165) is 25.7 Å². The summed E-state index contributed by atoms with van der Waals surface area (Å²) in [5.41, 5.74) is 0. The number of urea groups is 1. The second kappa shape index (κ2) is 5.07. The van der Waals surface area contributed by atoms with Gasteiger partial charge in [0.15, 0.2) is 0 Å². The molecule has 0 aromatic carbocycles. The SMILES string of the molecule is CCNC(=O)NC1CCC(O)CC1. The molecular weight excluding hydrogens is 168 g/mol. The summed E-state index contributed by atoms with van der Waals surface area (Å²) in [5, 5.41) is 14.8. The third kappa shape index (κ3) is 3.63. The largest absolute Gasteiger partial charge is 0.393 e. The summed E-state index contributed by atoms with van der Waals surface area (Å²) in [5.74, 6) is 0. The van der Waals surface area contributed by atoms with Gasteiger partial charge in [-0.1, -0.05) is 0 Å². The van der Waals surface area contributed by atoms with Gasteiger partial charge in [-0.25, -0.2) is 4.79 Å². The molecule has 2 amide bonds. The molecule has 1 rings (SSSR count). The molecule has 1 saturated carbocycles. The highest BCUT2D eigenvalue weighted by Gasteiger charge is 2.20. The molecule has 13 heavy (non-hydrogen) atoms. The average molecular weight is 186 g/mol. The number of rotatable bonds is 2. The minimum absolute atomic E-state index is 0.0936. The van der Waals surface area contributed by atoms with Crippen LogP contribution in [0.4, 0.5) is 4.79 Å². The maximum atomic E-state index is 11.1. The highest BCUT2D eigenvalue weighted by atomic mass is 16.3. The minimum Gasteiger partial charge on any atom is -0.393 e. The first kappa shape index (κ1) is 10.3. The molecular formula is C9H18N2O2. The van der Waals surface area contributed by atoms with E-state index in [1.165, 1.54) is 0 Å². The fourth-order valence-corrected chi connectivity index (χ4v) is 1.62. The van der Waals surface area contributed by atoms with Crippen molar-refractivity contribution in [3.05, 3.63) is 0 Å². The zero-order valence-electron chi connectivity index (χ0n) is 8.05. The lowest BCUT2D eigenvalue weighted by Crippen LogP contribution is -2.44. The van der Waals surface area contributed by atoms with E-state index in [9.17, 15) is 9.90 Å². The quantitative estimate of drug-likeness (QED) is 0.591. The molecule has 1 aliphatic rings. The summed E-state index contributed by atoms with van der Waals surface area (Å²) >= 11 is 0. The van der Waals surface area contributed by atoms with Crippen molar-refractivity contribution < 1.29 is 9.90 Å². The summed E-state index contributed by atoms with van der Waals surface area (Å²) in [6.45, 7) is 2.55. The van der Waals surface area contributed by atoms with Crippen LogP contribution in [0.3, 0.4) is 0 Å². The topological polar surface area (TPSA) is 61.4 Å². The lowest BCUT2D eigenvalue weighted by molar-refractivity contribution is 0.117. The summed E-state index contributed by atoms with van der Waals surface area (Å²) < 4.78 is 0. The Kier molecular flexibility index (Phi) is 4.02. The van der Waals surface area contributed by atoms with Gasteiger partial charge >= 0.3 is 6.03 Å². The van der Waals surface area contributed by atoms with Crippen molar-refractivity contribution in [1.82, 2.24) is 10.6 Å². The molecule has 0 unspecified atom stereocenters. The Bertz CT molecular complexity index is 165. The van der Waals surface area contributed by atoms with Gasteiger partial charge in [0.25, 0.3) is 0 Å². The van der Waals surface area contributed by atoms with Gasteiger partial charge in [0.05, 0.1) is 6.10 Å². The lowest BCUT2D eigenvalue weighted by atomic mass is 9.93. The van der Waals surface area contributed by atoms with Crippen molar-refractivity contribution in [3.8, 4) is 0 Å². The zero-order chi connectivity index (χ0) is 9.68. The maximum Gasteiger partial charge on any atom is 0.314 e. The van der Waals surface area contributed by atoms with Crippen molar-refractivity contribution in [3.63, 3.8) is 0 Å². The minimum atomic E-state index is -0.160. The molecule has 4 heteroatoms. The van der Waals surface area contributed by atoms with Crippen molar-refractivity contribution >= 4 is 6.03 Å². The molecule has 1 fully saturated rings. The van der Waals surface area contributed by atoms with Gasteiger partial charge in [0, 0.05) is 12.6 Å². The van der Waals surface area contributed by atoms with Crippen LogP contribution >= 0.6 is 0 Å². The standard InChI is InChI=1S/C9H18N2O2/c1-2-10-9(13)11-7-3-5-8(12)6-4-7/h7-8,12H,2-6H2,1H3,(H2,10,11,13). The van der Waals surface area contributed by atoms with E-state index in [2.05, 4.69) is 10.6 Å². The van der Waals surface area contributed by atoms with Crippen LogP contribution in [0, 0.1) is 0 Å². The molecule has 1 aliphatic carbocycles. The first-order valence-corrected chi connectivity index (χ1v) is 4.94. The predicted molar refractivity (Wildman–Crippen MR) is 50.5 cm³/mol. The second-order valence-electron chi connectivity index (χ2n) is 3.51. The highest BCUT2D eigenvalue weighted by molar-refractivity contribution is 5.74. The third-order valence-corrected chi connectivity index (χ3v) is 2.37. The van der Waals surface area contributed by atoms with Gasteiger partial charge < -0.3 is 15.7 Å². The monoisotopic (exact) mass is 186 g/mol. The number of carbonyl (C=O) groups is 1. The van der Waals surface area contributed by atoms with Gasteiger partial charge in [-0.3, -0.25) is 0 Å². The fourth-order valence-electron chi connectivity index (χ4n) is 1.62. The molecule has 0 aliphatic heterocycles. The summed E-state index contributed by atoms with van der Waals surface area (Å²) in [6.07, 6.45) is 3.22. The Hall–Kier alpha value is -0.770. The van der Waals surface area contributed by atoms with Crippen LogP contribution in [-0.4, -0.2) is 29.8 Å². The summed E-state index contributed by atoms with van der Waals surface area (Å²) in [7, 11) is 0. The third-order valence-electron chi connectivity index (χ3n) is 2.37. The van der Waals surface area contributed by atoms with Crippen LogP contribution in [-0.2, 0) is 0 Å². The van der Waals surface area contributed by atoms with Crippen molar-refractivity contribution in [2.75, 3.05) is 6.54 Å². The number of hydrogen-bond donors (Lipinski definition) is 3. The second-order valence-corrected chi connectivity index (χ2v) is 3.51. The Balaban J connectivity index is 2.18. The van der Waals surface area contributed by atoms with Gasteiger partial charge in [-0.2, -0.15) is 0 Å². The number of nitrogens with one attached hydrogen (secondary N) is 2. The lowest BCUT2D eigenvalue weighted by Gasteiger charge is -2.26. The Labute approximate surface area is 78.7 Å². The van der Waals surface area contributed by atoms with Crippen LogP contribution in [0.25, 0.3) is 0 Å². The number of aliphatic hydroxyl groups excluding tert-OH is 1. The van der Waals surface area contributed by atoms with Gasteiger partial charge in [-0.05, 0) is 32.6 Å². The van der Waals surface area contributed by atoms with Crippen LogP contribution in [0.2, 0.25) is 0 Å². The molecule has 3 N–H and O–H groups in total. The molecule has 76 valence electrons. The van der Waals surface area contributed by atoms with Crippen molar-refractivity contribution in [1.29, 1.82) is 0 Å². The van der Waals surface area contributed by atoms with E-state index in [1.54, 1.807) is 0 Å². The summed E-state index contributed by atoms with van der Waals surface area (Å²) in [4.78, 5) is 11.1. The van der Waals surface area contributed by atoms with E-state index in [1.807, 2.05) is 6.92 Å². The van der Waals surface area contributed by atoms with E-state index in [0.29, 0.717) is 6.54 Å². The van der Waals surface area contributed by atoms with Crippen LogP contribution < -0.4 is 10.6 Å². The molecule has 0 aromatic heterocycles. The van der Waals surface area contributed by atoms with E-state index >= 15 is 0 Å². The maximum absolute atomic E-state index is 11.1. The molecule has 0 bridgehead atoms. The summed E-state index contributed by atoms with van der Waals surface area (Å²) in [6, 6.07) is 0.152. The van der Waals surface area contributed by atoms with E-state index in [-0.39, 0.29) is 18.2 Å². The molecule has 0 saturated heterocycles. The van der Waals surface area contributed by atoms with Crippen LogP contribution in [0.1, 0.15) is 32.6 Å². The Morgan fingerprint density at radius 1 is 1.38 bits per heavy atom. The Morgan fingerprint density at radius 3 is 2.54 bits per heavy atom. The van der Waals surface area contributed by atoms with E-state index < -0.39 is 0 Å². The number of carbonyl (C=O) groups excluding carboxylic acids is 1. The van der Waals surface area contributed by atoms with Crippen molar-refractivity contribution in [2.45, 2.75) is 44.8 Å². The van der Waals surface area contributed by atoms with Gasteiger partial charge in [0.2, 0.25) is 0 Å². The van der Waals surface area contributed by atoms with Crippen LogP contribution in [0.15, 0.2) is 0 Å². The number of hydrogen-bond acceptors (Lipinski definition) is 2. The van der Waals surface area contributed by atoms with Crippen molar-refractivity contribution in [2.24, 2.45) is 0 Å². The van der Waals surface area contributed by atoms with Crippen LogP contribution in [0.5, 0.6) is 0 Å². The van der Waals surface area contributed by atoms with E-state index in [4.69, 9.17) is 0 Å². The molecule has 0 aromatic rings. The first-order valence-electron chi connectivity index (χ1n) is 4.94. The van der Waals surface area contributed by atoms with Gasteiger partial charge in [0.1, 0.15) is 0 Å². The van der Waals surface area contributed by atoms with Gasteiger partial charge in [-0.15, -0.1) is 0 Å². The fraction of sp³-hybridized carbons (Fsp3) is 0.889. The Morgan fingerprint density at radius 2 is 2.00 bits per heavy atom. The molecule has 0 spiro atoms. The molecule has 4 nitrogen and oxygen atoms in total. The zero-order valence-corrected chi connectivity index (χ0v) is 8.05. The molecule has 0 heterocycles. The number of amides is 2. The normalized spacial score (nSPS) is 28.2. The first-order chi connectivity index (χ1) is 6.22. The average Bonchev–Trinajstić information content (AvgIpc) is 2.09. The molecule has 0 atom stereocenters. The highest BCUT2D eigenvalue weighted by Crippen LogP contribution is 2.17. The molecule has 0 radical (unpaired) electrons. The predicted octanol–water partition coefficient (Wildman–Crippen LogP) is 0.609. The smallest absolute Gasteiger partial charge is 0.314 e.